The Labute approximate surface area is 173 Å². The van der Waals surface area contributed by atoms with Gasteiger partial charge in [0.05, 0.1) is 11.3 Å². The van der Waals surface area contributed by atoms with Gasteiger partial charge in [-0.05, 0) is 57.3 Å². The predicted octanol–water partition coefficient (Wildman–Crippen LogP) is 3.58. The maximum atomic E-state index is 13.4. The van der Waals surface area contributed by atoms with Crippen LogP contribution < -0.4 is 4.74 Å². The number of hydrogen-bond acceptors (Lipinski definition) is 4. The summed E-state index contributed by atoms with van der Waals surface area (Å²) in [7, 11) is 4.04. The lowest BCUT2D eigenvalue weighted by Gasteiger charge is -2.70. The number of methoxy groups -OCH3 is 1. The van der Waals surface area contributed by atoms with E-state index in [2.05, 4.69) is 50.1 Å². The van der Waals surface area contributed by atoms with Crippen LogP contribution in [0.2, 0.25) is 0 Å². The molecule has 0 aromatic heterocycles. The number of nitrogens with zero attached hydrogens (tertiary/aromatic N) is 1. The quantitative estimate of drug-likeness (QED) is 0.733. The molecule has 0 radical (unpaired) electrons. The van der Waals surface area contributed by atoms with E-state index >= 15 is 0 Å². The molecule has 1 saturated carbocycles. The first kappa shape index (κ1) is 18.1. The first-order chi connectivity index (χ1) is 13.9. The monoisotopic (exact) mass is 393 g/mol. The van der Waals surface area contributed by atoms with Gasteiger partial charge in [-0.1, -0.05) is 31.2 Å². The molecule has 6 atom stereocenters. The Morgan fingerprint density at radius 2 is 2.17 bits per heavy atom. The molecule has 1 saturated heterocycles. The van der Waals surface area contributed by atoms with Gasteiger partial charge in [-0.25, -0.2) is 0 Å². The molecule has 4 nitrogen and oxygen atoms in total. The van der Waals surface area contributed by atoms with E-state index < -0.39 is 5.60 Å². The van der Waals surface area contributed by atoms with Gasteiger partial charge in [-0.3, -0.25) is 4.79 Å². The van der Waals surface area contributed by atoms with Gasteiger partial charge in [0, 0.05) is 30.6 Å². The van der Waals surface area contributed by atoms with Crippen LogP contribution in [-0.4, -0.2) is 49.1 Å². The Bertz CT molecular complexity index is 954. The molecular formula is C25H31NO3. The number of likely N-dealkylation sites (tertiary alicyclic amines) is 1. The Kier molecular flexibility index (Phi) is 3.46. The zero-order valence-electron chi connectivity index (χ0n) is 18.0. The summed E-state index contributed by atoms with van der Waals surface area (Å²) in [6, 6.07) is 4.95. The second-order valence-electron chi connectivity index (χ2n) is 10.1. The van der Waals surface area contributed by atoms with Crippen molar-refractivity contribution in [2.45, 2.75) is 69.1 Å². The summed E-state index contributed by atoms with van der Waals surface area (Å²) in [5.74, 6) is 1.30. The molecule has 1 aromatic rings. The molecule has 0 amide bonds. The van der Waals surface area contributed by atoms with Crippen LogP contribution in [0.5, 0.6) is 5.75 Å². The lowest BCUT2D eigenvalue weighted by molar-refractivity contribution is -0.213. The predicted molar refractivity (Wildman–Crippen MR) is 111 cm³/mol. The Hall–Kier alpha value is -1.65. The number of piperidine rings is 1. The molecule has 154 valence electrons. The van der Waals surface area contributed by atoms with Crippen LogP contribution in [0.3, 0.4) is 0 Å². The van der Waals surface area contributed by atoms with Crippen LogP contribution in [0.4, 0.5) is 0 Å². The van der Waals surface area contributed by atoms with Gasteiger partial charge in [0.15, 0.2) is 0 Å². The summed E-state index contributed by atoms with van der Waals surface area (Å²) in [5, 5.41) is 0. The van der Waals surface area contributed by atoms with Crippen LogP contribution in [-0.2, 0) is 21.4 Å². The SMILES string of the molecule is CCCC(=O)[C@@H]1C[C@@]23C=C[C@]1(OC)[C@@H]1Oc4c(C)ccc5c4[C@@]12CCN(C)[C@@H]3C5. The highest BCUT2D eigenvalue weighted by atomic mass is 16.6. The number of benzene rings is 1. The number of aryl methyl sites for hydroxylation is 1. The summed E-state index contributed by atoms with van der Waals surface area (Å²) in [5.41, 5.74) is 3.31. The molecule has 4 aliphatic carbocycles. The highest BCUT2D eigenvalue weighted by Crippen LogP contribution is 2.74. The Balaban J connectivity index is 1.66. The Morgan fingerprint density at radius 1 is 1.34 bits per heavy atom. The summed E-state index contributed by atoms with van der Waals surface area (Å²) in [6.45, 7) is 5.32. The van der Waals surface area contributed by atoms with E-state index in [1.165, 1.54) is 16.7 Å². The standard InChI is InChI=1S/C25H31NO3/c1-5-6-18(27)17-14-23-9-10-25(17,28-4)22-24(23)11-12-26(3)19(23)13-16-8-7-15(2)21(29-22)20(16)24/h7-10,17,19,22H,5-6,11-14H2,1-4H3/t17-,19+,22+,23+,24-,25+/m0/s1. The van der Waals surface area contributed by atoms with Crippen molar-refractivity contribution in [3.8, 4) is 5.75 Å². The fourth-order valence-electron chi connectivity index (χ4n) is 7.99. The Morgan fingerprint density at radius 3 is 2.93 bits per heavy atom. The molecule has 2 heterocycles. The maximum absolute atomic E-state index is 13.4. The minimum Gasteiger partial charge on any atom is -0.485 e. The second-order valence-corrected chi connectivity index (χ2v) is 10.1. The van der Waals surface area contributed by atoms with E-state index in [1.54, 1.807) is 7.11 Å². The zero-order chi connectivity index (χ0) is 20.2. The topological polar surface area (TPSA) is 38.8 Å². The van der Waals surface area contributed by atoms with Crippen molar-refractivity contribution in [1.82, 2.24) is 4.90 Å². The number of fused-ring (bicyclic) bond motifs is 1. The lowest BCUT2D eigenvalue weighted by atomic mass is 9.37. The molecular weight excluding hydrogens is 362 g/mol. The number of hydrogen-bond donors (Lipinski definition) is 0. The number of ketones is 1. The lowest BCUT2D eigenvalue weighted by Crippen LogP contribution is -2.79. The maximum Gasteiger partial charge on any atom is 0.143 e. The number of likely N-dealkylation sites (N-methyl/N-ethyl adjacent to an activating group) is 1. The number of rotatable bonds is 4. The van der Waals surface area contributed by atoms with Gasteiger partial charge in [-0.15, -0.1) is 0 Å². The van der Waals surface area contributed by atoms with Crippen molar-refractivity contribution in [3.63, 3.8) is 0 Å². The van der Waals surface area contributed by atoms with Gasteiger partial charge >= 0.3 is 0 Å². The van der Waals surface area contributed by atoms with E-state index in [0.29, 0.717) is 18.2 Å². The van der Waals surface area contributed by atoms with Crippen LogP contribution in [0.25, 0.3) is 0 Å². The first-order valence-corrected chi connectivity index (χ1v) is 11.2. The fourth-order valence-corrected chi connectivity index (χ4v) is 7.99. The summed E-state index contributed by atoms with van der Waals surface area (Å²) < 4.78 is 13.2. The number of carbonyl (C=O) groups is 1. The summed E-state index contributed by atoms with van der Waals surface area (Å²) >= 11 is 0. The third-order valence-corrected chi connectivity index (χ3v) is 9.18. The third kappa shape index (κ3) is 1.76. The first-order valence-electron chi connectivity index (χ1n) is 11.2. The minimum absolute atomic E-state index is 0.0505. The van der Waals surface area contributed by atoms with Gasteiger partial charge in [-0.2, -0.15) is 0 Å². The molecule has 2 spiro atoms. The third-order valence-electron chi connectivity index (χ3n) is 9.18. The average molecular weight is 394 g/mol. The van der Waals surface area contributed by atoms with E-state index in [0.717, 1.165) is 38.0 Å². The zero-order valence-corrected chi connectivity index (χ0v) is 18.0. The van der Waals surface area contributed by atoms with E-state index in [9.17, 15) is 4.79 Å². The smallest absolute Gasteiger partial charge is 0.143 e. The number of ether oxygens (including phenoxy) is 2. The van der Waals surface area contributed by atoms with Crippen LogP contribution in [0.1, 0.15) is 49.3 Å². The summed E-state index contributed by atoms with van der Waals surface area (Å²) in [6.07, 6.45) is 9.07. The van der Waals surface area contributed by atoms with Crippen molar-refractivity contribution in [1.29, 1.82) is 0 Å². The van der Waals surface area contributed by atoms with Crippen molar-refractivity contribution in [3.05, 3.63) is 41.0 Å². The molecule has 0 N–H and O–H groups in total. The number of Topliss-reactive ketones (excluding diaryl/α,β-unsaturated/α-hetero) is 1. The van der Waals surface area contributed by atoms with Gasteiger partial charge < -0.3 is 14.4 Å². The molecule has 4 heteroatoms. The number of carbonyl (C=O) groups excluding carboxylic acids is 1. The van der Waals surface area contributed by atoms with Gasteiger partial charge in [0.1, 0.15) is 23.2 Å². The van der Waals surface area contributed by atoms with E-state index in [4.69, 9.17) is 9.47 Å². The summed E-state index contributed by atoms with van der Waals surface area (Å²) in [4.78, 5) is 15.9. The average Bonchev–Trinajstić information content (AvgIpc) is 3.09. The molecule has 6 aliphatic rings. The molecule has 29 heavy (non-hydrogen) atoms. The molecule has 1 aromatic carbocycles. The molecule has 2 fully saturated rings. The fraction of sp³-hybridized carbons (Fsp3) is 0.640. The normalized spacial score (nSPS) is 43.2. The highest BCUT2D eigenvalue weighted by Gasteiger charge is 2.79. The molecule has 2 aliphatic heterocycles. The van der Waals surface area contributed by atoms with Crippen LogP contribution >= 0.6 is 0 Å². The van der Waals surface area contributed by atoms with E-state index in [1.807, 2.05) is 0 Å². The van der Waals surface area contributed by atoms with Crippen molar-refractivity contribution >= 4 is 5.78 Å². The highest BCUT2D eigenvalue weighted by molar-refractivity contribution is 5.84. The van der Waals surface area contributed by atoms with Crippen LogP contribution in [0, 0.1) is 18.3 Å². The van der Waals surface area contributed by atoms with E-state index in [-0.39, 0.29) is 22.9 Å². The molecule has 0 unspecified atom stereocenters. The molecule has 7 rings (SSSR count). The van der Waals surface area contributed by atoms with Gasteiger partial charge in [0.2, 0.25) is 0 Å². The minimum atomic E-state index is -0.658. The van der Waals surface area contributed by atoms with Crippen molar-refractivity contribution < 1.29 is 14.3 Å². The molecule has 4 bridgehead atoms. The van der Waals surface area contributed by atoms with Crippen molar-refractivity contribution in [2.24, 2.45) is 11.3 Å². The van der Waals surface area contributed by atoms with Gasteiger partial charge in [0.25, 0.3) is 0 Å². The van der Waals surface area contributed by atoms with Crippen LogP contribution in [0.15, 0.2) is 24.3 Å². The second kappa shape index (κ2) is 5.53. The van der Waals surface area contributed by atoms with Crippen molar-refractivity contribution in [2.75, 3.05) is 20.7 Å². The largest absolute Gasteiger partial charge is 0.485 e.